The van der Waals surface area contributed by atoms with Crippen molar-refractivity contribution < 1.29 is 5.11 Å². The standard InChI is InChI=1S/C18H32N2O/c1-4-7-16-8-6-11-18(21,12-9-16)14-17-10-13-20(19-17)15(3)5-2/h10,13,15-16,21H,4-9,11-12,14H2,1-3H3. The molecule has 1 aromatic rings. The first-order valence-electron chi connectivity index (χ1n) is 8.82. The fraction of sp³-hybridized carbons (Fsp3) is 0.833. The molecule has 0 aromatic carbocycles. The average molecular weight is 292 g/mol. The predicted octanol–water partition coefficient (Wildman–Crippen LogP) is 4.51. The van der Waals surface area contributed by atoms with E-state index >= 15 is 0 Å². The van der Waals surface area contributed by atoms with Crippen LogP contribution in [-0.2, 0) is 6.42 Å². The van der Waals surface area contributed by atoms with E-state index in [4.69, 9.17) is 0 Å². The van der Waals surface area contributed by atoms with E-state index in [0.29, 0.717) is 6.04 Å². The second-order valence-corrected chi connectivity index (χ2v) is 7.03. The highest BCUT2D eigenvalue weighted by Crippen LogP contribution is 2.34. The summed E-state index contributed by atoms with van der Waals surface area (Å²) in [7, 11) is 0. The molecular formula is C18H32N2O. The van der Waals surface area contributed by atoms with E-state index in [1.54, 1.807) is 0 Å². The summed E-state index contributed by atoms with van der Waals surface area (Å²) in [4.78, 5) is 0. The molecule has 0 saturated heterocycles. The van der Waals surface area contributed by atoms with E-state index < -0.39 is 5.60 Å². The lowest BCUT2D eigenvalue weighted by molar-refractivity contribution is 0.0230. The molecule has 3 heteroatoms. The zero-order chi connectivity index (χ0) is 15.3. The summed E-state index contributed by atoms with van der Waals surface area (Å²) in [5.74, 6) is 0.821. The maximum absolute atomic E-state index is 10.9. The molecule has 3 atom stereocenters. The molecule has 1 aromatic heterocycles. The highest BCUT2D eigenvalue weighted by molar-refractivity contribution is 5.05. The maximum Gasteiger partial charge on any atom is 0.0703 e. The Hall–Kier alpha value is -0.830. The molecule has 1 aliphatic rings. The zero-order valence-electron chi connectivity index (χ0n) is 14.0. The summed E-state index contributed by atoms with van der Waals surface area (Å²) < 4.78 is 2.04. The monoisotopic (exact) mass is 292 g/mol. The SMILES string of the molecule is CCCC1CCCC(O)(Cc2ccn(C(C)CC)n2)CC1. The Balaban J connectivity index is 1.96. The van der Waals surface area contributed by atoms with Crippen molar-refractivity contribution in [3.8, 4) is 0 Å². The lowest BCUT2D eigenvalue weighted by Crippen LogP contribution is -2.31. The number of aliphatic hydroxyl groups is 1. The molecule has 2 rings (SSSR count). The molecule has 0 spiro atoms. The molecule has 21 heavy (non-hydrogen) atoms. The van der Waals surface area contributed by atoms with E-state index in [1.807, 2.05) is 4.68 Å². The normalized spacial score (nSPS) is 28.3. The molecule has 120 valence electrons. The Labute approximate surface area is 129 Å². The van der Waals surface area contributed by atoms with Crippen LogP contribution < -0.4 is 0 Å². The van der Waals surface area contributed by atoms with Crippen LogP contribution in [0.1, 0.15) is 83.9 Å². The van der Waals surface area contributed by atoms with E-state index in [9.17, 15) is 5.11 Å². The third-order valence-corrected chi connectivity index (χ3v) is 5.19. The van der Waals surface area contributed by atoms with Crippen molar-refractivity contribution in [1.82, 2.24) is 9.78 Å². The summed E-state index contributed by atoms with van der Waals surface area (Å²) in [6.45, 7) is 6.63. The maximum atomic E-state index is 10.9. The molecule has 3 nitrogen and oxygen atoms in total. The van der Waals surface area contributed by atoms with Crippen molar-refractivity contribution in [3.05, 3.63) is 18.0 Å². The highest BCUT2D eigenvalue weighted by Gasteiger charge is 2.31. The molecule has 0 bridgehead atoms. The number of rotatable bonds is 6. The van der Waals surface area contributed by atoms with Gasteiger partial charge in [0.15, 0.2) is 0 Å². The summed E-state index contributed by atoms with van der Waals surface area (Å²) in [5, 5.41) is 15.6. The number of hydrogen-bond donors (Lipinski definition) is 1. The molecule has 3 unspecified atom stereocenters. The average Bonchev–Trinajstić information content (AvgIpc) is 2.84. The van der Waals surface area contributed by atoms with Gasteiger partial charge in [-0.25, -0.2) is 0 Å². The third kappa shape index (κ3) is 4.57. The van der Waals surface area contributed by atoms with Crippen LogP contribution in [-0.4, -0.2) is 20.5 Å². The molecule has 1 saturated carbocycles. The largest absolute Gasteiger partial charge is 0.389 e. The molecule has 0 aliphatic heterocycles. The van der Waals surface area contributed by atoms with Crippen LogP contribution >= 0.6 is 0 Å². The number of nitrogens with zero attached hydrogens (tertiary/aromatic N) is 2. The fourth-order valence-corrected chi connectivity index (χ4v) is 3.58. The van der Waals surface area contributed by atoms with E-state index in [1.165, 1.54) is 25.7 Å². The first-order chi connectivity index (χ1) is 10.1. The van der Waals surface area contributed by atoms with Gasteiger partial charge in [0.2, 0.25) is 0 Å². The minimum absolute atomic E-state index is 0.441. The molecule has 1 heterocycles. The van der Waals surface area contributed by atoms with Crippen molar-refractivity contribution in [2.75, 3.05) is 0 Å². The molecule has 1 aliphatic carbocycles. The van der Waals surface area contributed by atoms with Gasteiger partial charge in [0, 0.05) is 18.7 Å². The van der Waals surface area contributed by atoms with Gasteiger partial charge >= 0.3 is 0 Å². The Kier molecular flexibility index (Phi) is 5.86. The van der Waals surface area contributed by atoms with Gasteiger partial charge in [-0.2, -0.15) is 5.10 Å². The summed E-state index contributed by atoms with van der Waals surface area (Å²) in [6.07, 6.45) is 11.9. The van der Waals surface area contributed by atoms with Crippen LogP contribution in [0.4, 0.5) is 0 Å². The second-order valence-electron chi connectivity index (χ2n) is 7.03. The second kappa shape index (κ2) is 7.44. The van der Waals surface area contributed by atoms with Crippen LogP contribution in [0, 0.1) is 5.92 Å². The number of aromatic nitrogens is 2. The molecule has 0 radical (unpaired) electrons. The van der Waals surface area contributed by atoms with Crippen molar-refractivity contribution in [2.24, 2.45) is 5.92 Å². The van der Waals surface area contributed by atoms with Crippen LogP contribution in [0.5, 0.6) is 0 Å². The summed E-state index contributed by atoms with van der Waals surface area (Å²) >= 11 is 0. The van der Waals surface area contributed by atoms with Crippen molar-refractivity contribution in [2.45, 2.75) is 90.2 Å². The Bertz CT molecular complexity index is 429. The Morgan fingerprint density at radius 2 is 2.19 bits per heavy atom. The third-order valence-electron chi connectivity index (χ3n) is 5.19. The van der Waals surface area contributed by atoms with E-state index in [2.05, 4.69) is 38.1 Å². The van der Waals surface area contributed by atoms with Gasteiger partial charge in [0.25, 0.3) is 0 Å². The van der Waals surface area contributed by atoms with Gasteiger partial charge in [-0.1, -0.05) is 39.5 Å². The summed E-state index contributed by atoms with van der Waals surface area (Å²) in [5.41, 5.74) is 0.517. The predicted molar refractivity (Wildman–Crippen MR) is 87.4 cm³/mol. The van der Waals surface area contributed by atoms with Crippen LogP contribution in [0.15, 0.2) is 12.3 Å². The summed E-state index contributed by atoms with van der Waals surface area (Å²) in [6, 6.07) is 2.52. The van der Waals surface area contributed by atoms with Gasteiger partial charge in [0.05, 0.1) is 11.3 Å². The van der Waals surface area contributed by atoms with E-state index in [-0.39, 0.29) is 0 Å². The molecule has 0 amide bonds. The van der Waals surface area contributed by atoms with Gasteiger partial charge in [-0.05, 0) is 44.6 Å². The minimum Gasteiger partial charge on any atom is -0.389 e. The van der Waals surface area contributed by atoms with E-state index in [0.717, 1.165) is 43.7 Å². The fourth-order valence-electron chi connectivity index (χ4n) is 3.58. The van der Waals surface area contributed by atoms with Gasteiger partial charge in [-0.3, -0.25) is 4.68 Å². The number of hydrogen-bond acceptors (Lipinski definition) is 2. The lowest BCUT2D eigenvalue weighted by Gasteiger charge is -2.26. The highest BCUT2D eigenvalue weighted by atomic mass is 16.3. The van der Waals surface area contributed by atoms with Crippen LogP contribution in [0.25, 0.3) is 0 Å². The quantitative estimate of drug-likeness (QED) is 0.783. The van der Waals surface area contributed by atoms with Crippen LogP contribution in [0.2, 0.25) is 0 Å². The first-order valence-corrected chi connectivity index (χ1v) is 8.82. The topological polar surface area (TPSA) is 38.0 Å². The first kappa shape index (κ1) is 16.5. The van der Waals surface area contributed by atoms with Gasteiger partial charge < -0.3 is 5.11 Å². The molecule has 1 N–H and O–H groups in total. The lowest BCUT2D eigenvalue weighted by atomic mass is 9.88. The van der Waals surface area contributed by atoms with Crippen molar-refractivity contribution in [1.29, 1.82) is 0 Å². The Morgan fingerprint density at radius 1 is 1.38 bits per heavy atom. The van der Waals surface area contributed by atoms with Crippen molar-refractivity contribution >= 4 is 0 Å². The van der Waals surface area contributed by atoms with Crippen LogP contribution in [0.3, 0.4) is 0 Å². The van der Waals surface area contributed by atoms with Crippen molar-refractivity contribution in [3.63, 3.8) is 0 Å². The van der Waals surface area contributed by atoms with Gasteiger partial charge in [-0.15, -0.1) is 0 Å². The van der Waals surface area contributed by atoms with Gasteiger partial charge in [0.1, 0.15) is 0 Å². The Morgan fingerprint density at radius 3 is 2.90 bits per heavy atom. The minimum atomic E-state index is -0.531. The molecular weight excluding hydrogens is 260 g/mol. The molecule has 1 fully saturated rings. The zero-order valence-corrected chi connectivity index (χ0v) is 14.0. The smallest absolute Gasteiger partial charge is 0.0703 e.